The Kier molecular flexibility index (Phi) is 5.28. The second kappa shape index (κ2) is 6.50. The molecule has 0 N–H and O–H groups in total. The number of hydrogen-bond donors (Lipinski definition) is 0. The van der Waals surface area contributed by atoms with E-state index in [2.05, 4.69) is 4.74 Å². The maximum absolute atomic E-state index is 13.1. The van der Waals surface area contributed by atoms with Gasteiger partial charge in [-0.2, -0.15) is 0 Å². The topological polar surface area (TPSA) is 43.4 Å². The summed E-state index contributed by atoms with van der Waals surface area (Å²) in [6.07, 6.45) is 0.306. The molecule has 98 valence electrons. The van der Waals surface area contributed by atoms with Crippen molar-refractivity contribution in [2.45, 2.75) is 19.8 Å². The third-order valence-corrected chi connectivity index (χ3v) is 2.68. The molecule has 0 fully saturated rings. The largest absolute Gasteiger partial charge is 0.469 e. The first-order chi connectivity index (χ1) is 8.42. The highest BCUT2D eigenvalue weighted by Gasteiger charge is 2.16. The highest BCUT2D eigenvalue weighted by molar-refractivity contribution is 6.31. The van der Waals surface area contributed by atoms with Crippen molar-refractivity contribution in [3.8, 4) is 0 Å². The van der Waals surface area contributed by atoms with Gasteiger partial charge in [0.15, 0.2) is 5.78 Å². The van der Waals surface area contributed by atoms with Gasteiger partial charge in [0.05, 0.1) is 7.11 Å². The van der Waals surface area contributed by atoms with Crippen molar-refractivity contribution in [3.63, 3.8) is 0 Å². The van der Waals surface area contributed by atoms with Gasteiger partial charge in [-0.15, -0.1) is 0 Å². The van der Waals surface area contributed by atoms with E-state index in [0.29, 0.717) is 0 Å². The van der Waals surface area contributed by atoms with E-state index in [9.17, 15) is 14.0 Å². The summed E-state index contributed by atoms with van der Waals surface area (Å²) in [5.74, 6) is -1.32. The maximum atomic E-state index is 13.1. The van der Waals surface area contributed by atoms with Gasteiger partial charge < -0.3 is 4.74 Å². The lowest BCUT2D eigenvalue weighted by molar-refractivity contribution is -0.141. The summed E-state index contributed by atoms with van der Waals surface area (Å²) >= 11 is 5.67. The van der Waals surface area contributed by atoms with Crippen LogP contribution in [0.5, 0.6) is 0 Å². The van der Waals surface area contributed by atoms with Crippen LogP contribution in [-0.4, -0.2) is 18.9 Å². The fourth-order valence-corrected chi connectivity index (χ4v) is 1.81. The van der Waals surface area contributed by atoms with E-state index in [1.54, 1.807) is 6.92 Å². The molecule has 5 heteroatoms. The standard InChI is InChI=1S/C13H14ClFO3/c1-8(4-13(17)18-2)3-12(16)9-5-10(14)7-11(15)6-9/h5-8H,3-4H2,1-2H3. The molecule has 0 radical (unpaired) electrons. The van der Waals surface area contributed by atoms with Crippen LogP contribution in [-0.2, 0) is 9.53 Å². The van der Waals surface area contributed by atoms with E-state index in [1.165, 1.54) is 13.2 Å². The number of carbonyl (C=O) groups is 2. The van der Waals surface area contributed by atoms with Gasteiger partial charge in [-0.05, 0) is 24.1 Å². The van der Waals surface area contributed by atoms with Crippen LogP contribution in [0.25, 0.3) is 0 Å². The van der Waals surface area contributed by atoms with Gasteiger partial charge in [0.1, 0.15) is 5.82 Å². The number of rotatable bonds is 5. The number of benzene rings is 1. The van der Waals surface area contributed by atoms with Gasteiger partial charge in [0.2, 0.25) is 0 Å². The molecule has 0 amide bonds. The molecule has 0 heterocycles. The summed E-state index contributed by atoms with van der Waals surface area (Å²) in [4.78, 5) is 22.9. The Hall–Kier alpha value is -1.42. The molecule has 1 aromatic carbocycles. The third-order valence-electron chi connectivity index (χ3n) is 2.46. The lowest BCUT2D eigenvalue weighted by Gasteiger charge is -2.09. The number of ether oxygens (including phenoxy) is 1. The summed E-state index contributed by atoms with van der Waals surface area (Å²) in [6.45, 7) is 1.76. The number of hydrogen-bond acceptors (Lipinski definition) is 3. The molecule has 3 nitrogen and oxygen atoms in total. The number of methoxy groups -OCH3 is 1. The monoisotopic (exact) mass is 272 g/mol. The Morgan fingerprint density at radius 1 is 1.33 bits per heavy atom. The van der Waals surface area contributed by atoms with Crippen LogP contribution in [0.2, 0.25) is 5.02 Å². The Bertz CT molecular complexity index is 439. The number of Topliss-reactive ketones (excluding diaryl/α,β-unsaturated/α-hetero) is 1. The molecular weight excluding hydrogens is 259 g/mol. The molecule has 0 spiro atoms. The smallest absolute Gasteiger partial charge is 0.305 e. The molecule has 0 aliphatic rings. The Labute approximate surface area is 110 Å². The van der Waals surface area contributed by atoms with Crippen molar-refractivity contribution in [1.29, 1.82) is 0 Å². The molecular formula is C13H14ClFO3. The van der Waals surface area contributed by atoms with Gasteiger partial charge in [0, 0.05) is 23.4 Å². The van der Waals surface area contributed by atoms with Crippen molar-refractivity contribution in [3.05, 3.63) is 34.6 Å². The van der Waals surface area contributed by atoms with Crippen LogP contribution >= 0.6 is 11.6 Å². The van der Waals surface area contributed by atoms with Crippen molar-refractivity contribution < 1.29 is 18.7 Å². The number of halogens is 2. The van der Waals surface area contributed by atoms with Crippen LogP contribution in [0, 0.1) is 11.7 Å². The van der Waals surface area contributed by atoms with Gasteiger partial charge in [-0.25, -0.2) is 4.39 Å². The SMILES string of the molecule is COC(=O)CC(C)CC(=O)c1cc(F)cc(Cl)c1. The predicted octanol–water partition coefficient (Wildman–Crippen LogP) is 3.25. The molecule has 1 aromatic rings. The molecule has 0 saturated heterocycles. The Morgan fingerprint density at radius 3 is 2.56 bits per heavy atom. The minimum absolute atomic E-state index is 0.148. The number of carbonyl (C=O) groups excluding carboxylic acids is 2. The van der Waals surface area contributed by atoms with Gasteiger partial charge in [-0.1, -0.05) is 18.5 Å². The molecule has 1 unspecified atom stereocenters. The van der Waals surface area contributed by atoms with E-state index in [4.69, 9.17) is 11.6 Å². The average molecular weight is 273 g/mol. The molecule has 0 aromatic heterocycles. The Morgan fingerprint density at radius 2 is 2.00 bits per heavy atom. The maximum Gasteiger partial charge on any atom is 0.305 e. The zero-order valence-corrected chi connectivity index (χ0v) is 11.0. The van der Waals surface area contributed by atoms with Crippen molar-refractivity contribution in [2.75, 3.05) is 7.11 Å². The van der Waals surface area contributed by atoms with Crippen molar-refractivity contribution in [1.82, 2.24) is 0 Å². The molecule has 0 bridgehead atoms. The van der Waals surface area contributed by atoms with E-state index in [-0.39, 0.29) is 41.1 Å². The molecule has 0 aliphatic carbocycles. The first kappa shape index (κ1) is 14.6. The minimum Gasteiger partial charge on any atom is -0.469 e. The van der Waals surface area contributed by atoms with E-state index in [0.717, 1.165) is 12.1 Å². The van der Waals surface area contributed by atoms with Gasteiger partial charge in [-0.3, -0.25) is 9.59 Å². The summed E-state index contributed by atoms with van der Waals surface area (Å²) in [5, 5.41) is 0.180. The van der Waals surface area contributed by atoms with Crippen LogP contribution in [0.4, 0.5) is 4.39 Å². The normalized spacial score (nSPS) is 12.0. The van der Waals surface area contributed by atoms with Crippen LogP contribution in [0.15, 0.2) is 18.2 Å². The van der Waals surface area contributed by atoms with Crippen molar-refractivity contribution in [2.24, 2.45) is 5.92 Å². The highest BCUT2D eigenvalue weighted by Crippen LogP contribution is 2.18. The fraction of sp³-hybridized carbons (Fsp3) is 0.385. The van der Waals surface area contributed by atoms with Gasteiger partial charge in [0.25, 0.3) is 0 Å². The van der Waals surface area contributed by atoms with Crippen LogP contribution in [0.3, 0.4) is 0 Å². The van der Waals surface area contributed by atoms with E-state index >= 15 is 0 Å². The van der Waals surface area contributed by atoms with Crippen molar-refractivity contribution >= 4 is 23.4 Å². The summed E-state index contributed by atoms with van der Waals surface area (Å²) in [6, 6.07) is 3.69. The number of ketones is 1. The summed E-state index contributed by atoms with van der Waals surface area (Å²) in [7, 11) is 1.29. The quantitative estimate of drug-likeness (QED) is 0.610. The number of esters is 1. The highest BCUT2D eigenvalue weighted by atomic mass is 35.5. The molecule has 1 rings (SSSR count). The Balaban J connectivity index is 2.67. The van der Waals surface area contributed by atoms with Crippen LogP contribution in [0.1, 0.15) is 30.1 Å². The molecule has 0 aliphatic heterocycles. The molecule has 18 heavy (non-hydrogen) atoms. The second-order valence-electron chi connectivity index (χ2n) is 4.17. The minimum atomic E-state index is -0.550. The third kappa shape index (κ3) is 4.45. The first-order valence-corrected chi connectivity index (χ1v) is 5.86. The zero-order valence-electron chi connectivity index (χ0n) is 10.2. The summed E-state index contributed by atoms with van der Waals surface area (Å²) in [5.41, 5.74) is 0.219. The zero-order chi connectivity index (χ0) is 13.7. The van der Waals surface area contributed by atoms with Crippen LogP contribution < -0.4 is 0 Å². The fourth-order valence-electron chi connectivity index (χ4n) is 1.59. The molecule has 1 atom stereocenters. The first-order valence-electron chi connectivity index (χ1n) is 5.48. The average Bonchev–Trinajstić information content (AvgIpc) is 2.27. The molecule has 0 saturated carbocycles. The summed E-state index contributed by atoms with van der Waals surface area (Å²) < 4.78 is 17.6. The lowest BCUT2D eigenvalue weighted by atomic mass is 9.97. The van der Waals surface area contributed by atoms with E-state index in [1.807, 2.05) is 0 Å². The van der Waals surface area contributed by atoms with Gasteiger partial charge >= 0.3 is 5.97 Å². The second-order valence-corrected chi connectivity index (χ2v) is 4.61. The van der Waals surface area contributed by atoms with E-state index < -0.39 is 5.82 Å². The lowest BCUT2D eigenvalue weighted by Crippen LogP contribution is -2.12. The predicted molar refractivity (Wildman–Crippen MR) is 66.2 cm³/mol.